The molecule has 162 valence electrons. The van der Waals surface area contributed by atoms with Gasteiger partial charge in [0.1, 0.15) is 5.70 Å². The van der Waals surface area contributed by atoms with Crippen molar-refractivity contribution in [1.82, 2.24) is 14.7 Å². The fraction of sp³-hybridized carbons (Fsp3) is 0.583. The number of likely N-dealkylation sites (tertiary alicyclic amines) is 1. The fourth-order valence-electron chi connectivity index (χ4n) is 4.52. The highest BCUT2D eigenvalue weighted by molar-refractivity contribution is 6.35. The molecule has 30 heavy (non-hydrogen) atoms. The van der Waals surface area contributed by atoms with E-state index in [1.165, 1.54) is 10.5 Å². The molecule has 0 aliphatic carbocycles. The summed E-state index contributed by atoms with van der Waals surface area (Å²) >= 11 is 0. The van der Waals surface area contributed by atoms with Crippen molar-refractivity contribution in [1.29, 1.82) is 0 Å². The van der Waals surface area contributed by atoms with Gasteiger partial charge < -0.3 is 9.64 Å². The summed E-state index contributed by atoms with van der Waals surface area (Å²) in [7, 11) is 0. The molecule has 2 fully saturated rings. The summed E-state index contributed by atoms with van der Waals surface area (Å²) in [6.07, 6.45) is 2.11. The number of aryl methyl sites for hydroxylation is 2. The molecule has 3 aliphatic heterocycles. The number of carbonyl (C=O) groups excluding carboxylic acids is 2. The van der Waals surface area contributed by atoms with Crippen LogP contribution in [0.25, 0.3) is 5.57 Å². The van der Waals surface area contributed by atoms with Crippen LogP contribution in [-0.2, 0) is 14.3 Å². The molecule has 0 spiro atoms. The van der Waals surface area contributed by atoms with E-state index < -0.39 is 0 Å². The summed E-state index contributed by atoms with van der Waals surface area (Å²) in [6.45, 7) is 12.3. The zero-order chi connectivity index (χ0) is 21.3. The van der Waals surface area contributed by atoms with E-state index in [2.05, 4.69) is 30.6 Å². The molecule has 4 rings (SSSR count). The summed E-state index contributed by atoms with van der Waals surface area (Å²) in [5, 5.41) is 0. The first-order chi connectivity index (χ1) is 14.5. The van der Waals surface area contributed by atoms with E-state index in [9.17, 15) is 9.59 Å². The molecule has 3 heterocycles. The Bertz CT molecular complexity index is 849. The van der Waals surface area contributed by atoms with Crippen molar-refractivity contribution in [2.45, 2.75) is 33.6 Å². The van der Waals surface area contributed by atoms with Crippen LogP contribution in [0.3, 0.4) is 0 Å². The average molecular weight is 412 g/mol. The molecule has 6 nitrogen and oxygen atoms in total. The van der Waals surface area contributed by atoms with Gasteiger partial charge in [-0.3, -0.25) is 19.4 Å². The van der Waals surface area contributed by atoms with Crippen molar-refractivity contribution in [2.24, 2.45) is 5.92 Å². The number of imide groups is 1. The largest absolute Gasteiger partial charge is 0.379 e. The van der Waals surface area contributed by atoms with E-state index in [1.54, 1.807) is 0 Å². The lowest BCUT2D eigenvalue weighted by Crippen LogP contribution is -2.44. The number of benzene rings is 1. The number of amides is 2. The highest BCUT2D eigenvalue weighted by Crippen LogP contribution is 2.34. The Morgan fingerprint density at radius 2 is 1.63 bits per heavy atom. The smallest absolute Gasteiger partial charge is 0.277 e. The van der Waals surface area contributed by atoms with E-state index >= 15 is 0 Å². The summed E-state index contributed by atoms with van der Waals surface area (Å²) < 4.78 is 5.41. The number of morpholine rings is 1. The predicted molar refractivity (Wildman–Crippen MR) is 117 cm³/mol. The van der Waals surface area contributed by atoms with Gasteiger partial charge in [0.15, 0.2) is 0 Å². The van der Waals surface area contributed by atoms with E-state index in [0.717, 1.165) is 50.1 Å². The zero-order valence-corrected chi connectivity index (χ0v) is 18.4. The number of hydrogen-bond donors (Lipinski definition) is 0. The average Bonchev–Trinajstić information content (AvgIpc) is 3.00. The molecule has 0 aromatic heterocycles. The molecule has 0 unspecified atom stereocenters. The van der Waals surface area contributed by atoms with Crippen LogP contribution in [0.1, 0.15) is 36.5 Å². The minimum absolute atomic E-state index is 0.129. The number of ether oxygens (including phenoxy) is 1. The number of hydrogen-bond acceptors (Lipinski definition) is 5. The van der Waals surface area contributed by atoms with E-state index in [4.69, 9.17) is 4.74 Å². The van der Waals surface area contributed by atoms with Crippen LogP contribution in [0.2, 0.25) is 0 Å². The van der Waals surface area contributed by atoms with Gasteiger partial charge in [-0.2, -0.15) is 0 Å². The molecule has 0 saturated carbocycles. The van der Waals surface area contributed by atoms with Crippen molar-refractivity contribution in [2.75, 3.05) is 52.5 Å². The maximum atomic E-state index is 13.5. The molecule has 6 heteroatoms. The van der Waals surface area contributed by atoms with Gasteiger partial charge in [-0.25, -0.2) is 0 Å². The minimum Gasteiger partial charge on any atom is -0.379 e. The van der Waals surface area contributed by atoms with Gasteiger partial charge in [-0.15, -0.1) is 0 Å². The highest BCUT2D eigenvalue weighted by atomic mass is 16.5. The van der Waals surface area contributed by atoms with Crippen LogP contribution in [-0.4, -0.2) is 79.0 Å². The Balaban J connectivity index is 1.62. The van der Waals surface area contributed by atoms with Crippen LogP contribution < -0.4 is 0 Å². The molecule has 0 atom stereocenters. The standard InChI is InChI=1S/C24H33N3O3/c1-17-6-8-26(9-7-17)22-21(20-5-4-18(2)19(3)16-20)23(28)27(24(22)29)11-10-25-12-14-30-15-13-25/h4-5,16-17H,6-15H2,1-3H3. The monoisotopic (exact) mass is 411 g/mol. The zero-order valence-electron chi connectivity index (χ0n) is 18.4. The molecular formula is C24H33N3O3. The van der Waals surface area contributed by atoms with Gasteiger partial charge in [0.05, 0.1) is 18.8 Å². The molecule has 0 bridgehead atoms. The molecule has 2 amide bonds. The molecule has 1 aromatic carbocycles. The summed E-state index contributed by atoms with van der Waals surface area (Å²) in [5.41, 5.74) is 4.38. The number of piperidine rings is 1. The van der Waals surface area contributed by atoms with Crippen LogP contribution in [0.5, 0.6) is 0 Å². The fourth-order valence-corrected chi connectivity index (χ4v) is 4.52. The number of nitrogens with zero attached hydrogens (tertiary/aromatic N) is 3. The van der Waals surface area contributed by atoms with Crippen LogP contribution >= 0.6 is 0 Å². The molecule has 1 aromatic rings. The predicted octanol–water partition coefficient (Wildman–Crippen LogP) is 2.45. The Hall–Kier alpha value is -2.18. The Labute approximate surface area is 179 Å². The van der Waals surface area contributed by atoms with Crippen molar-refractivity contribution < 1.29 is 14.3 Å². The van der Waals surface area contributed by atoms with E-state index in [1.807, 2.05) is 18.2 Å². The summed E-state index contributed by atoms with van der Waals surface area (Å²) in [5.74, 6) is 0.387. The lowest BCUT2D eigenvalue weighted by atomic mass is 9.96. The molecule has 0 N–H and O–H groups in total. The first-order valence-electron chi connectivity index (χ1n) is 11.2. The molecule has 3 aliphatic rings. The maximum absolute atomic E-state index is 13.5. The lowest BCUT2D eigenvalue weighted by molar-refractivity contribution is -0.138. The van der Waals surface area contributed by atoms with E-state index in [-0.39, 0.29) is 11.8 Å². The first-order valence-corrected chi connectivity index (χ1v) is 11.2. The van der Waals surface area contributed by atoms with Crippen molar-refractivity contribution in [3.63, 3.8) is 0 Å². The third-order valence-corrected chi connectivity index (χ3v) is 6.78. The third-order valence-electron chi connectivity index (χ3n) is 6.78. The number of rotatable bonds is 5. The van der Waals surface area contributed by atoms with Gasteiger partial charge in [0.25, 0.3) is 11.8 Å². The topological polar surface area (TPSA) is 53.1 Å². The maximum Gasteiger partial charge on any atom is 0.277 e. The minimum atomic E-state index is -0.148. The normalized spacial score (nSPS) is 21.8. The van der Waals surface area contributed by atoms with Crippen LogP contribution in [0, 0.1) is 19.8 Å². The van der Waals surface area contributed by atoms with E-state index in [0.29, 0.717) is 43.5 Å². The van der Waals surface area contributed by atoms with Gasteiger partial charge >= 0.3 is 0 Å². The first kappa shape index (κ1) is 21.1. The summed E-state index contributed by atoms with van der Waals surface area (Å²) in [6, 6.07) is 6.08. The van der Waals surface area contributed by atoms with Crippen LogP contribution in [0.15, 0.2) is 23.9 Å². The summed E-state index contributed by atoms with van der Waals surface area (Å²) in [4.78, 5) is 32.8. The van der Waals surface area contributed by atoms with Gasteiger partial charge in [-0.1, -0.05) is 25.1 Å². The second-order valence-electron chi connectivity index (χ2n) is 8.91. The van der Waals surface area contributed by atoms with Crippen LogP contribution in [0.4, 0.5) is 0 Å². The van der Waals surface area contributed by atoms with Crippen molar-refractivity contribution in [3.05, 3.63) is 40.6 Å². The number of carbonyl (C=O) groups is 2. The van der Waals surface area contributed by atoms with Gasteiger partial charge in [-0.05, 0) is 49.3 Å². The van der Waals surface area contributed by atoms with Gasteiger partial charge in [0, 0.05) is 39.3 Å². The second kappa shape index (κ2) is 8.90. The molecular weight excluding hydrogens is 378 g/mol. The Kier molecular flexibility index (Phi) is 6.25. The van der Waals surface area contributed by atoms with Crippen molar-refractivity contribution >= 4 is 17.4 Å². The van der Waals surface area contributed by atoms with Crippen molar-refractivity contribution in [3.8, 4) is 0 Å². The third kappa shape index (κ3) is 4.16. The molecule has 0 radical (unpaired) electrons. The molecule has 2 saturated heterocycles. The second-order valence-corrected chi connectivity index (χ2v) is 8.91. The SMILES string of the molecule is Cc1ccc(C2=C(N3CCC(C)CC3)C(=O)N(CCN3CCOCC3)C2=O)cc1C. The lowest BCUT2D eigenvalue weighted by Gasteiger charge is -2.33. The Morgan fingerprint density at radius 3 is 2.30 bits per heavy atom. The van der Waals surface area contributed by atoms with Gasteiger partial charge in [0.2, 0.25) is 0 Å². The Morgan fingerprint density at radius 1 is 0.933 bits per heavy atom. The highest BCUT2D eigenvalue weighted by Gasteiger charge is 2.42. The quantitative estimate of drug-likeness (QED) is 0.697.